The Morgan fingerprint density at radius 1 is 1.59 bits per heavy atom. The minimum Gasteiger partial charge on any atom is -0.504 e. The molecule has 5 heteroatoms. The quantitative estimate of drug-likeness (QED) is 0.608. The van der Waals surface area contributed by atoms with Crippen molar-refractivity contribution in [1.29, 1.82) is 0 Å². The molecule has 1 aromatic carbocycles. The monoisotopic (exact) mass is 234 g/mol. The molecule has 0 spiro atoms. The van der Waals surface area contributed by atoms with Gasteiger partial charge in [-0.1, -0.05) is 0 Å². The lowest BCUT2D eigenvalue weighted by Crippen LogP contribution is -2.18. The summed E-state index contributed by atoms with van der Waals surface area (Å²) in [6.07, 6.45) is 3.38. The molecular weight excluding hydrogens is 220 g/mol. The van der Waals surface area contributed by atoms with Crippen LogP contribution in [0.1, 0.15) is 18.4 Å². The Morgan fingerprint density at radius 2 is 2.35 bits per heavy atom. The molecular formula is C12H14N2O3. The topological polar surface area (TPSA) is 70.9 Å². The van der Waals surface area contributed by atoms with Crippen LogP contribution in [-0.4, -0.2) is 24.3 Å². The van der Waals surface area contributed by atoms with E-state index >= 15 is 0 Å². The molecule has 0 radical (unpaired) electrons. The molecule has 0 aliphatic heterocycles. The Bertz CT molecular complexity index is 453. The van der Waals surface area contributed by atoms with Crippen molar-refractivity contribution in [2.24, 2.45) is 11.0 Å². The highest BCUT2D eigenvalue weighted by molar-refractivity contribution is 5.84. The van der Waals surface area contributed by atoms with Gasteiger partial charge in [-0.2, -0.15) is 5.10 Å². The van der Waals surface area contributed by atoms with Gasteiger partial charge in [0, 0.05) is 5.92 Å². The van der Waals surface area contributed by atoms with Crippen LogP contribution in [0, 0.1) is 5.92 Å². The van der Waals surface area contributed by atoms with Gasteiger partial charge in [0.1, 0.15) is 0 Å². The van der Waals surface area contributed by atoms with Gasteiger partial charge >= 0.3 is 0 Å². The maximum absolute atomic E-state index is 11.3. The standard InChI is InChI=1S/C12H14N2O3/c1-17-11-5-2-8(6-10(11)15)7-13-14-12(16)9-3-4-9/h2,5-7,9,15H,3-4H2,1H3,(H,14,16). The van der Waals surface area contributed by atoms with Gasteiger partial charge < -0.3 is 9.84 Å². The van der Waals surface area contributed by atoms with Crippen molar-refractivity contribution < 1.29 is 14.6 Å². The number of amides is 1. The summed E-state index contributed by atoms with van der Waals surface area (Å²) in [5.41, 5.74) is 3.15. The molecule has 17 heavy (non-hydrogen) atoms. The summed E-state index contributed by atoms with van der Waals surface area (Å²) >= 11 is 0. The van der Waals surface area contributed by atoms with Gasteiger partial charge in [-0.25, -0.2) is 5.43 Å². The van der Waals surface area contributed by atoms with Gasteiger partial charge in [0.15, 0.2) is 11.5 Å². The highest BCUT2D eigenvalue weighted by atomic mass is 16.5. The second-order valence-electron chi connectivity index (χ2n) is 3.94. The largest absolute Gasteiger partial charge is 0.504 e. The van der Waals surface area contributed by atoms with Crippen molar-refractivity contribution in [3.05, 3.63) is 23.8 Å². The molecule has 1 amide bonds. The Balaban J connectivity index is 1.95. The number of ether oxygens (including phenoxy) is 1. The SMILES string of the molecule is COc1ccc(C=NNC(=O)C2CC2)cc1O. The van der Waals surface area contributed by atoms with Crippen molar-refractivity contribution in [2.75, 3.05) is 7.11 Å². The number of benzene rings is 1. The third-order valence-electron chi connectivity index (χ3n) is 2.54. The lowest BCUT2D eigenvalue weighted by atomic mass is 10.2. The fourth-order valence-electron chi connectivity index (χ4n) is 1.39. The molecule has 0 heterocycles. The van der Waals surface area contributed by atoms with E-state index in [9.17, 15) is 9.90 Å². The van der Waals surface area contributed by atoms with E-state index in [1.54, 1.807) is 12.1 Å². The highest BCUT2D eigenvalue weighted by Gasteiger charge is 2.29. The van der Waals surface area contributed by atoms with Crippen LogP contribution in [0.2, 0.25) is 0 Å². The van der Waals surface area contributed by atoms with E-state index in [1.165, 1.54) is 19.4 Å². The maximum Gasteiger partial charge on any atom is 0.243 e. The molecule has 1 aromatic rings. The zero-order valence-corrected chi connectivity index (χ0v) is 9.51. The van der Waals surface area contributed by atoms with Crippen LogP contribution in [0.4, 0.5) is 0 Å². The van der Waals surface area contributed by atoms with Gasteiger partial charge in [-0.3, -0.25) is 4.79 Å². The van der Waals surface area contributed by atoms with Crippen LogP contribution < -0.4 is 10.2 Å². The van der Waals surface area contributed by atoms with Crippen LogP contribution in [0.3, 0.4) is 0 Å². The number of nitrogens with one attached hydrogen (secondary N) is 1. The molecule has 0 bridgehead atoms. The number of aromatic hydroxyl groups is 1. The van der Waals surface area contributed by atoms with E-state index in [0.717, 1.165) is 12.8 Å². The van der Waals surface area contributed by atoms with Crippen molar-refractivity contribution in [3.63, 3.8) is 0 Å². The number of phenolic OH excluding ortho intramolecular Hbond substituents is 1. The molecule has 2 rings (SSSR count). The second-order valence-corrected chi connectivity index (χ2v) is 3.94. The molecule has 90 valence electrons. The van der Waals surface area contributed by atoms with Crippen LogP contribution in [0.15, 0.2) is 23.3 Å². The number of hydrogen-bond donors (Lipinski definition) is 2. The fourth-order valence-corrected chi connectivity index (χ4v) is 1.39. The Kier molecular flexibility index (Phi) is 3.27. The van der Waals surface area contributed by atoms with E-state index in [1.807, 2.05) is 0 Å². The van der Waals surface area contributed by atoms with Crippen molar-refractivity contribution in [1.82, 2.24) is 5.43 Å². The second kappa shape index (κ2) is 4.86. The molecule has 1 aliphatic rings. The van der Waals surface area contributed by atoms with E-state index in [4.69, 9.17) is 4.74 Å². The van der Waals surface area contributed by atoms with E-state index < -0.39 is 0 Å². The van der Waals surface area contributed by atoms with Gasteiger partial charge in [0.05, 0.1) is 13.3 Å². The first-order valence-corrected chi connectivity index (χ1v) is 5.40. The average molecular weight is 234 g/mol. The third kappa shape index (κ3) is 2.96. The molecule has 0 saturated heterocycles. The van der Waals surface area contributed by atoms with Crippen LogP contribution >= 0.6 is 0 Å². The molecule has 0 atom stereocenters. The highest BCUT2D eigenvalue weighted by Crippen LogP contribution is 2.28. The van der Waals surface area contributed by atoms with Gasteiger partial charge in [0.2, 0.25) is 5.91 Å². The molecule has 1 saturated carbocycles. The summed E-state index contributed by atoms with van der Waals surface area (Å²) < 4.78 is 4.92. The van der Waals surface area contributed by atoms with Gasteiger partial charge in [0.25, 0.3) is 0 Å². The predicted octanol–water partition coefficient (Wildman–Crippen LogP) is 1.26. The summed E-state index contributed by atoms with van der Waals surface area (Å²) in [4.78, 5) is 11.3. The predicted molar refractivity (Wildman–Crippen MR) is 63.1 cm³/mol. The van der Waals surface area contributed by atoms with Crippen LogP contribution in [0.5, 0.6) is 11.5 Å². The molecule has 0 unspecified atom stereocenters. The summed E-state index contributed by atoms with van der Waals surface area (Å²) in [5.74, 6) is 0.546. The first-order chi connectivity index (χ1) is 8.20. The fraction of sp³-hybridized carbons (Fsp3) is 0.333. The number of carbonyl (C=O) groups is 1. The average Bonchev–Trinajstić information content (AvgIpc) is 3.13. The Labute approximate surface area is 99.1 Å². The van der Waals surface area contributed by atoms with E-state index in [2.05, 4.69) is 10.5 Å². The number of hydrazone groups is 1. The summed E-state index contributed by atoms with van der Waals surface area (Å²) in [5, 5.41) is 13.3. The third-order valence-corrected chi connectivity index (χ3v) is 2.54. The first kappa shape index (κ1) is 11.4. The van der Waals surface area contributed by atoms with Gasteiger partial charge in [-0.15, -0.1) is 0 Å². The maximum atomic E-state index is 11.3. The number of phenols is 1. The van der Waals surface area contributed by atoms with Crippen LogP contribution in [-0.2, 0) is 4.79 Å². The summed E-state index contributed by atoms with van der Waals surface area (Å²) in [6.45, 7) is 0. The van der Waals surface area contributed by atoms with Crippen molar-refractivity contribution >= 4 is 12.1 Å². The lowest BCUT2D eigenvalue weighted by molar-refractivity contribution is -0.122. The molecule has 0 aromatic heterocycles. The lowest BCUT2D eigenvalue weighted by Gasteiger charge is -2.03. The zero-order valence-electron chi connectivity index (χ0n) is 9.51. The van der Waals surface area contributed by atoms with E-state index in [-0.39, 0.29) is 17.6 Å². The van der Waals surface area contributed by atoms with Crippen molar-refractivity contribution in [3.8, 4) is 11.5 Å². The minimum absolute atomic E-state index is 0.0426. The summed E-state index contributed by atoms with van der Waals surface area (Å²) in [7, 11) is 1.48. The number of hydrogen-bond acceptors (Lipinski definition) is 4. The molecule has 1 aliphatic carbocycles. The zero-order chi connectivity index (χ0) is 12.3. The normalized spacial score (nSPS) is 14.9. The Morgan fingerprint density at radius 3 is 2.94 bits per heavy atom. The number of methoxy groups -OCH3 is 1. The number of nitrogens with zero attached hydrogens (tertiary/aromatic N) is 1. The first-order valence-electron chi connectivity index (χ1n) is 5.40. The molecule has 5 nitrogen and oxygen atoms in total. The molecule has 2 N–H and O–H groups in total. The smallest absolute Gasteiger partial charge is 0.243 e. The van der Waals surface area contributed by atoms with Crippen LogP contribution in [0.25, 0.3) is 0 Å². The summed E-state index contributed by atoms with van der Waals surface area (Å²) in [6, 6.07) is 4.90. The van der Waals surface area contributed by atoms with E-state index in [0.29, 0.717) is 11.3 Å². The minimum atomic E-state index is -0.0426. The number of carbonyl (C=O) groups excluding carboxylic acids is 1. The molecule has 1 fully saturated rings. The number of rotatable bonds is 4. The van der Waals surface area contributed by atoms with Crippen molar-refractivity contribution in [2.45, 2.75) is 12.8 Å². The Hall–Kier alpha value is -2.04. The van der Waals surface area contributed by atoms with Gasteiger partial charge in [-0.05, 0) is 36.6 Å².